The van der Waals surface area contributed by atoms with Crippen LogP contribution < -0.4 is 4.74 Å². The van der Waals surface area contributed by atoms with Crippen molar-refractivity contribution in [2.24, 2.45) is 0 Å². The summed E-state index contributed by atoms with van der Waals surface area (Å²) in [6.07, 6.45) is -4.47. The van der Waals surface area contributed by atoms with E-state index >= 15 is 0 Å². The van der Waals surface area contributed by atoms with Crippen LogP contribution in [0.1, 0.15) is 41.4 Å². The van der Waals surface area contributed by atoms with Crippen LogP contribution in [0.4, 0.5) is 13.2 Å². The van der Waals surface area contributed by atoms with E-state index in [-0.39, 0.29) is 23.1 Å². The second-order valence-electron chi connectivity index (χ2n) is 7.71. The number of nitrogens with zero attached hydrogens (tertiary/aromatic N) is 1. The minimum absolute atomic E-state index is 0.0720. The lowest BCUT2D eigenvalue weighted by atomic mass is 10.0. The minimum atomic E-state index is -4.47. The van der Waals surface area contributed by atoms with Crippen LogP contribution in [0, 0.1) is 0 Å². The number of rotatable bonds is 5. The Morgan fingerprint density at radius 3 is 2.28 bits per heavy atom. The number of ether oxygens (including phenoxy) is 1. The van der Waals surface area contributed by atoms with Crippen molar-refractivity contribution in [1.82, 2.24) is 4.57 Å². The van der Waals surface area contributed by atoms with Crippen molar-refractivity contribution in [2.75, 3.05) is 0 Å². The molecule has 4 nitrogen and oxygen atoms in total. The summed E-state index contributed by atoms with van der Waals surface area (Å²) in [6.45, 7) is 4.09. The molecule has 0 aliphatic rings. The van der Waals surface area contributed by atoms with E-state index in [0.717, 1.165) is 17.7 Å². The van der Waals surface area contributed by atoms with Crippen LogP contribution in [-0.4, -0.2) is 15.6 Å². The van der Waals surface area contributed by atoms with E-state index in [1.807, 2.05) is 38.1 Å². The average molecular weight is 439 g/mol. The first kappa shape index (κ1) is 21.5. The van der Waals surface area contributed by atoms with Gasteiger partial charge in [0, 0.05) is 11.1 Å². The van der Waals surface area contributed by atoms with Crippen molar-refractivity contribution in [2.45, 2.75) is 25.9 Å². The Hall–Kier alpha value is -3.74. The molecule has 0 unspecified atom stereocenters. The third-order valence-corrected chi connectivity index (χ3v) is 5.23. The van der Waals surface area contributed by atoms with Gasteiger partial charge in [0.2, 0.25) is 0 Å². The Kier molecular flexibility index (Phi) is 5.42. The molecule has 3 aromatic carbocycles. The summed E-state index contributed by atoms with van der Waals surface area (Å²) in [4.78, 5) is 12.3. The molecular weight excluding hydrogens is 419 g/mol. The molecule has 164 valence electrons. The van der Waals surface area contributed by atoms with Gasteiger partial charge < -0.3 is 14.4 Å². The maximum Gasteiger partial charge on any atom is 0.416 e. The molecule has 1 aromatic heterocycles. The number of alkyl halides is 3. The van der Waals surface area contributed by atoms with Crippen molar-refractivity contribution in [1.29, 1.82) is 0 Å². The molecule has 0 radical (unpaired) electrons. The molecule has 0 fully saturated rings. The molecule has 4 aromatic rings. The number of aromatic carboxylic acids is 1. The molecule has 0 aliphatic heterocycles. The number of benzene rings is 3. The van der Waals surface area contributed by atoms with E-state index in [9.17, 15) is 23.1 Å². The Balaban J connectivity index is 1.90. The summed E-state index contributed by atoms with van der Waals surface area (Å²) >= 11 is 0. The highest BCUT2D eigenvalue weighted by molar-refractivity contribution is 6.02. The smallest absolute Gasteiger partial charge is 0.416 e. The third-order valence-electron chi connectivity index (χ3n) is 5.23. The summed E-state index contributed by atoms with van der Waals surface area (Å²) in [7, 11) is 0. The maximum atomic E-state index is 12.9. The first-order valence-electron chi connectivity index (χ1n) is 9.99. The van der Waals surface area contributed by atoms with Gasteiger partial charge in [-0.1, -0.05) is 38.1 Å². The molecule has 0 saturated heterocycles. The third kappa shape index (κ3) is 3.93. The van der Waals surface area contributed by atoms with Gasteiger partial charge in [-0.2, -0.15) is 13.2 Å². The van der Waals surface area contributed by atoms with Crippen LogP contribution in [0.2, 0.25) is 0 Å². The number of halogens is 3. The summed E-state index contributed by atoms with van der Waals surface area (Å²) in [5.41, 5.74) is 1.41. The minimum Gasteiger partial charge on any atom is -0.476 e. The number of para-hydroxylation sites is 1. The molecular formula is C25H20F3NO3. The molecule has 0 bridgehead atoms. The highest BCUT2D eigenvalue weighted by atomic mass is 19.4. The van der Waals surface area contributed by atoms with Crippen LogP contribution in [0.25, 0.3) is 16.6 Å². The Morgan fingerprint density at radius 1 is 0.969 bits per heavy atom. The van der Waals surface area contributed by atoms with Crippen LogP contribution in [-0.2, 0) is 6.18 Å². The molecule has 0 saturated carbocycles. The standard InChI is InChI=1S/C25H20F3NO3/c1-15(2)16-6-5-7-18(14-16)29-21-9-4-3-8-20(21)23(22(29)24(30)31)32-19-12-10-17(11-13-19)25(26,27)28/h3-15H,1-2H3,(H,30,31). The van der Waals surface area contributed by atoms with Gasteiger partial charge >= 0.3 is 12.1 Å². The van der Waals surface area contributed by atoms with E-state index in [0.29, 0.717) is 16.6 Å². The lowest BCUT2D eigenvalue weighted by molar-refractivity contribution is -0.137. The zero-order chi connectivity index (χ0) is 23.0. The summed E-state index contributed by atoms with van der Waals surface area (Å²) in [5.74, 6) is -0.784. The fourth-order valence-corrected chi connectivity index (χ4v) is 3.63. The van der Waals surface area contributed by atoms with E-state index < -0.39 is 17.7 Å². The molecule has 0 amide bonds. The lowest BCUT2D eigenvalue weighted by Crippen LogP contribution is -2.08. The normalized spacial score (nSPS) is 11.8. The predicted molar refractivity (Wildman–Crippen MR) is 116 cm³/mol. The molecule has 0 spiro atoms. The van der Waals surface area contributed by atoms with E-state index in [1.165, 1.54) is 12.1 Å². The zero-order valence-corrected chi connectivity index (χ0v) is 17.4. The van der Waals surface area contributed by atoms with Crippen molar-refractivity contribution < 1.29 is 27.8 Å². The number of fused-ring (bicyclic) bond motifs is 1. The van der Waals surface area contributed by atoms with Gasteiger partial charge in [-0.15, -0.1) is 0 Å². The van der Waals surface area contributed by atoms with Gasteiger partial charge in [0.25, 0.3) is 0 Å². The van der Waals surface area contributed by atoms with Gasteiger partial charge in [-0.3, -0.25) is 0 Å². The first-order valence-corrected chi connectivity index (χ1v) is 9.99. The lowest BCUT2D eigenvalue weighted by Gasteiger charge is -2.13. The SMILES string of the molecule is CC(C)c1cccc(-n2c(C(=O)O)c(Oc3ccc(C(F)(F)F)cc3)c3ccccc32)c1. The second-order valence-corrected chi connectivity index (χ2v) is 7.71. The Labute approximate surface area is 182 Å². The summed E-state index contributed by atoms with van der Waals surface area (Å²) in [6, 6.07) is 18.8. The first-order chi connectivity index (χ1) is 15.2. The monoisotopic (exact) mass is 439 g/mol. The quantitative estimate of drug-likeness (QED) is 0.356. The van der Waals surface area contributed by atoms with Crippen molar-refractivity contribution in [3.8, 4) is 17.2 Å². The van der Waals surface area contributed by atoms with Crippen molar-refractivity contribution >= 4 is 16.9 Å². The number of aromatic nitrogens is 1. The van der Waals surface area contributed by atoms with Crippen molar-refractivity contribution in [3.63, 3.8) is 0 Å². The summed E-state index contributed by atoms with van der Waals surface area (Å²) < 4.78 is 46.1. The average Bonchev–Trinajstić information content (AvgIpc) is 3.08. The van der Waals surface area contributed by atoms with E-state index in [4.69, 9.17) is 4.74 Å². The maximum absolute atomic E-state index is 12.9. The predicted octanol–water partition coefficient (Wildman–Crippen LogP) is 7.26. The highest BCUT2D eigenvalue weighted by Crippen LogP contribution is 2.39. The van der Waals surface area contributed by atoms with Gasteiger partial charge in [0.15, 0.2) is 11.4 Å². The Bertz CT molecular complexity index is 1290. The number of hydrogen-bond acceptors (Lipinski definition) is 2. The highest BCUT2D eigenvalue weighted by Gasteiger charge is 2.30. The number of carboxylic acids is 1. The largest absolute Gasteiger partial charge is 0.476 e. The van der Waals surface area contributed by atoms with Crippen LogP contribution in [0.5, 0.6) is 11.5 Å². The topological polar surface area (TPSA) is 51.5 Å². The van der Waals surface area contributed by atoms with Crippen LogP contribution >= 0.6 is 0 Å². The fraction of sp³-hybridized carbons (Fsp3) is 0.160. The van der Waals surface area contributed by atoms with Crippen LogP contribution in [0.3, 0.4) is 0 Å². The molecule has 0 aliphatic carbocycles. The molecule has 7 heteroatoms. The van der Waals surface area contributed by atoms with E-state index in [2.05, 4.69) is 0 Å². The van der Waals surface area contributed by atoms with Gasteiger partial charge in [0.1, 0.15) is 5.75 Å². The number of carbonyl (C=O) groups is 1. The van der Waals surface area contributed by atoms with Crippen molar-refractivity contribution in [3.05, 3.63) is 89.6 Å². The number of carboxylic acid groups (broad SMARTS) is 1. The van der Waals surface area contributed by atoms with E-state index in [1.54, 1.807) is 28.8 Å². The molecule has 4 rings (SSSR count). The zero-order valence-electron chi connectivity index (χ0n) is 17.4. The summed E-state index contributed by atoms with van der Waals surface area (Å²) in [5, 5.41) is 10.6. The number of hydrogen-bond donors (Lipinski definition) is 1. The van der Waals surface area contributed by atoms with Gasteiger partial charge in [-0.05, 0) is 60.0 Å². The molecule has 32 heavy (non-hydrogen) atoms. The second kappa shape index (κ2) is 8.07. The molecule has 1 N–H and O–H groups in total. The van der Waals surface area contributed by atoms with Crippen LogP contribution in [0.15, 0.2) is 72.8 Å². The van der Waals surface area contributed by atoms with Gasteiger partial charge in [-0.25, -0.2) is 4.79 Å². The molecule has 1 heterocycles. The molecule has 0 atom stereocenters. The van der Waals surface area contributed by atoms with Gasteiger partial charge in [0.05, 0.1) is 11.1 Å². The Morgan fingerprint density at radius 2 is 1.66 bits per heavy atom. The fourth-order valence-electron chi connectivity index (χ4n) is 3.63.